The second-order valence-corrected chi connectivity index (χ2v) is 8.58. The highest BCUT2D eigenvalue weighted by molar-refractivity contribution is 7.89. The van der Waals surface area contributed by atoms with Gasteiger partial charge in [0.2, 0.25) is 10.0 Å². The summed E-state index contributed by atoms with van der Waals surface area (Å²) in [7, 11) is -3.61. The molecule has 0 saturated carbocycles. The van der Waals surface area contributed by atoms with Gasteiger partial charge in [-0.3, -0.25) is 4.79 Å². The number of carbonyl (C=O) groups is 1. The summed E-state index contributed by atoms with van der Waals surface area (Å²) in [5.41, 5.74) is 1.33. The van der Waals surface area contributed by atoms with Crippen LogP contribution in [-0.4, -0.2) is 44.8 Å². The molecular weight excluding hydrogens is 362 g/mol. The van der Waals surface area contributed by atoms with Crippen molar-refractivity contribution < 1.29 is 13.2 Å². The molecule has 0 unspecified atom stereocenters. The molecule has 1 aliphatic heterocycles. The van der Waals surface area contributed by atoms with Gasteiger partial charge in [-0.05, 0) is 43.7 Å². The van der Waals surface area contributed by atoms with E-state index in [9.17, 15) is 13.2 Å². The molecule has 1 saturated heterocycles. The summed E-state index contributed by atoms with van der Waals surface area (Å²) >= 11 is 0. The van der Waals surface area contributed by atoms with Crippen molar-refractivity contribution in [3.05, 3.63) is 65.7 Å². The van der Waals surface area contributed by atoms with E-state index >= 15 is 0 Å². The van der Waals surface area contributed by atoms with E-state index in [0.29, 0.717) is 25.2 Å². The Kier molecular flexibility index (Phi) is 6.26. The number of sulfonamides is 1. The van der Waals surface area contributed by atoms with E-state index in [1.54, 1.807) is 18.2 Å². The molecular formula is C20H25N3O3S. The number of nitrogens with zero attached hydrogens (tertiary/aromatic N) is 1. The molecule has 0 radical (unpaired) electrons. The lowest BCUT2D eigenvalue weighted by Gasteiger charge is -2.20. The maximum Gasteiger partial charge on any atom is 0.251 e. The van der Waals surface area contributed by atoms with Crippen LogP contribution in [0.15, 0.2) is 59.5 Å². The molecule has 0 aliphatic carbocycles. The van der Waals surface area contributed by atoms with Crippen LogP contribution in [0.5, 0.6) is 0 Å². The maximum absolute atomic E-state index is 12.9. The monoisotopic (exact) mass is 387 g/mol. The third kappa shape index (κ3) is 4.74. The predicted molar refractivity (Wildman–Crippen MR) is 105 cm³/mol. The smallest absolute Gasteiger partial charge is 0.251 e. The van der Waals surface area contributed by atoms with Crippen molar-refractivity contribution in [3.63, 3.8) is 0 Å². The second-order valence-electron chi connectivity index (χ2n) is 6.64. The summed E-state index contributed by atoms with van der Waals surface area (Å²) in [6.07, 6.45) is 0.772. The first-order valence-electron chi connectivity index (χ1n) is 9.15. The third-order valence-corrected chi connectivity index (χ3v) is 6.57. The lowest BCUT2D eigenvalue weighted by Crippen LogP contribution is -2.34. The van der Waals surface area contributed by atoms with E-state index in [-0.39, 0.29) is 16.8 Å². The minimum absolute atomic E-state index is 0.157. The van der Waals surface area contributed by atoms with Gasteiger partial charge in [0.1, 0.15) is 0 Å². The first kappa shape index (κ1) is 19.5. The first-order chi connectivity index (χ1) is 13.0. The van der Waals surface area contributed by atoms with Gasteiger partial charge < -0.3 is 10.6 Å². The molecule has 1 aliphatic rings. The Morgan fingerprint density at radius 1 is 1.07 bits per heavy atom. The fraction of sp³-hybridized carbons (Fsp3) is 0.350. The second kappa shape index (κ2) is 8.65. The summed E-state index contributed by atoms with van der Waals surface area (Å²) in [4.78, 5) is 12.8. The summed E-state index contributed by atoms with van der Waals surface area (Å²) in [5.74, 6) is -0.291. The minimum atomic E-state index is -3.61. The summed E-state index contributed by atoms with van der Waals surface area (Å²) in [6, 6.07) is 15.7. The van der Waals surface area contributed by atoms with Crippen molar-refractivity contribution in [1.29, 1.82) is 0 Å². The van der Waals surface area contributed by atoms with Gasteiger partial charge in [-0.15, -0.1) is 0 Å². The molecule has 2 aromatic carbocycles. The molecule has 7 heteroatoms. The Bertz CT molecular complexity index is 876. The molecule has 1 atom stereocenters. The highest BCUT2D eigenvalue weighted by Gasteiger charge is 2.25. The molecule has 2 aromatic rings. The highest BCUT2D eigenvalue weighted by Crippen LogP contribution is 2.19. The van der Waals surface area contributed by atoms with Gasteiger partial charge in [-0.25, -0.2) is 8.42 Å². The average molecular weight is 388 g/mol. The van der Waals surface area contributed by atoms with E-state index in [1.165, 1.54) is 10.4 Å². The van der Waals surface area contributed by atoms with Crippen LogP contribution in [0.25, 0.3) is 0 Å². The Balaban J connectivity index is 1.77. The van der Waals surface area contributed by atoms with E-state index in [0.717, 1.165) is 18.5 Å². The standard InChI is InChI=1S/C20H25N3O3S/c1-16(17-7-3-2-4-8-17)22-20(24)18-9-5-10-19(15-18)27(25,26)23-13-6-11-21-12-14-23/h2-5,7-10,15-16,21H,6,11-14H2,1H3,(H,22,24)/t16-/m0/s1. The maximum atomic E-state index is 12.9. The van der Waals surface area contributed by atoms with E-state index in [2.05, 4.69) is 10.6 Å². The van der Waals surface area contributed by atoms with E-state index in [4.69, 9.17) is 0 Å². The average Bonchev–Trinajstić information content (AvgIpc) is 2.99. The summed E-state index contributed by atoms with van der Waals surface area (Å²) in [5, 5.41) is 6.12. The highest BCUT2D eigenvalue weighted by atomic mass is 32.2. The number of nitrogens with one attached hydrogen (secondary N) is 2. The van der Waals surface area contributed by atoms with Gasteiger partial charge in [-0.2, -0.15) is 4.31 Å². The lowest BCUT2D eigenvalue weighted by atomic mass is 10.1. The van der Waals surface area contributed by atoms with Crippen LogP contribution < -0.4 is 10.6 Å². The topological polar surface area (TPSA) is 78.5 Å². The zero-order valence-corrected chi connectivity index (χ0v) is 16.2. The number of hydrogen-bond acceptors (Lipinski definition) is 4. The summed E-state index contributed by atoms with van der Waals surface area (Å²) in [6.45, 7) is 4.26. The Morgan fingerprint density at radius 2 is 1.85 bits per heavy atom. The SMILES string of the molecule is C[C@H](NC(=O)c1cccc(S(=O)(=O)N2CCCNCC2)c1)c1ccccc1. The van der Waals surface area contributed by atoms with Crippen LogP contribution >= 0.6 is 0 Å². The quantitative estimate of drug-likeness (QED) is 0.824. The fourth-order valence-electron chi connectivity index (χ4n) is 3.11. The number of benzene rings is 2. The Hall–Kier alpha value is -2.22. The molecule has 0 bridgehead atoms. The number of hydrogen-bond donors (Lipinski definition) is 2. The molecule has 1 fully saturated rings. The van der Waals surface area contributed by atoms with Crippen LogP contribution in [0.4, 0.5) is 0 Å². The molecule has 2 N–H and O–H groups in total. The zero-order valence-electron chi connectivity index (χ0n) is 15.4. The number of amides is 1. The van der Waals surface area contributed by atoms with Crippen LogP contribution in [0, 0.1) is 0 Å². The van der Waals surface area contributed by atoms with E-state index in [1.807, 2.05) is 37.3 Å². The van der Waals surface area contributed by atoms with Crippen molar-refractivity contribution in [1.82, 2.24) is 14.9 Å². The molecule has 1 amide bonds. The van der Waals surface area contributed by atoms with Crippen molar-refractivity contribution in [3.8, 4) is 0 Å². The van der Waals surface area contributed by atoms with Gasteiger partial charge in [0.15, 0.2) is 0 Å². The van der Waals surface area contributed by atoms with Crippen molar-refractivity contribution >= 4 is 15.9 Å². The molecule has 0 spiro atoms. The third-order valence-electron chi connectivity index (χ3n) is 4.68. The Labute approximate surface area is 160 Å². The largest absolute Gasteiger partial charge is 0.346 e. The van der Waals surface area contributed by atoms with Gasteiger partial charge in [-0.1, -0.05) is 36.4 Å². The number of carbonyl (C=O) groups excluding carboxylic acids is 1. The Morgan fingerprint density at radius 3 is 2.63 bits per heavy atom. The molecule has 0 aromatic heterocycles. The van der Waals surface area contributed by atoms with Crippen molar-refractivity contribution in [2.75, 3.05) is 26.2 Å². The first-order valence-corrected chi connectivity index (χ1v) is 10.6. The molecule has 6 nitrogen and oxygen atoms in total. The molecule has 1 heterocycles. The fourth-order valence-corrected chi connectivity index (χ4v) is 4.64. The predicted octanol–water partition coefficient (Wildman–Crippen LogP) is 2.16. The zero-order chi connectivity index (χ0) is 19.3. The van der Waals surface area contributed by atoms with Gasteiger partial charge in [0, 0.05) is 25.2 Å². The van der Waals surface area contributed by atoms with Crippen LogP contribution in [0.2, 0.25) is 0 Å². The summed E-state index contributed by atoms with van der Waals surface area (Å²) < 4.78 is 27.3. The molecule has 3 rings (SSSR count). The number of rotatable bonds is 5. The van der Waals surface area contributed by atoms with Gasteiger partial charge in [0.25, 0.3) is 5.91 Å². The van der Waals surface area contributed by atoms with Crippen LogP contribution in [-0.2, 0) is 10.0 Å². The lowest BCUT2D eigenvalue weighted by molar-refractivity contribution is 0.0939. The van der Waals surface area contributed by atoms with E-state index < -0.39 is 10.0 Å². The van der Waals surface area contributed by atoms with Crippen molar-refractivity contribution in [2.45, 2.75) is 24.3 Å². The molecule has 144 valence electrons. The van der Waals surface area contributed by atoms with Crippen LogP contribution in [0.1, 0.15) is 35.3 Å². The van der Waals surface area contributed by atoms with Gasteiger partial charge in [0.05, 0.1) is 10.9 Å². The van der Waals surface area contributed by atoms with Crippen molar-refractivity contribution in [2.24, 2.45) is 0 Å². The van der Waals surface area contributed by atoms with Gasteiger partial charge >= 0.3 is 0 Å². The minimum Gasteiger partial charge on any atom is -0.346 e. The molecule has 27 heavy (non-hydrogen) atoms. The normalized spacial score (nSPS) is 17.1. The van der Waals surface area contributed by atoms with Crippen LogP contribution in [0.3, 0.4) is 0 Å².